The van der Waals surface area contributed by atoms with Gasteiger partial charge in [0.15, 0.2) is 11.5 Å². The molecule has 2 amide bonds. The molecule has 1 N–H and O–H groups in total. The Morgan fingerprint density at radius 1 is 1.03 bits per heavy atom. The number of nitrogens with one attached hydrogen (secondary N) is 1. The summed E-state index contributed by atoms with van der Waals surface area (Å²) >= 11 is 1.62. The molecule has 1 saturated heterocycles. The van der Waals surface area contributed by atoms with Gasteiger partial charge in [0.05, 0.1) is 21.3 Å². The predicted octanol–water partition coefficient (Wildman–Crippen LogP) is 3.21. The third-order valence-corrected chi connectivity index (χ3v) is 6.05. The third-order valence-electron chi connectivity index (χ3n) is 4.81. The highest BCUT2D eigenvalue weighted by atomic mass is 32.2. The predicted molar refractivity (Wildman–Crippen MR) is 118 cm³/mol. The zero-order chi connectivity index (χ0) is 22.2. The fourth-order valence-corrected chi connectivity index (χ4v) is 4.54. The molecule has 1 unspecified atom stereocenters. The number of methoxy groups -OCH3 is 3. The van der Waals surface area contributed by atoms with Gasteiger partial charge >= 0.3 is 6.09 Å². The van der Waals surface area contributed by atoms with Gasteiger partial charge in [0.25, 0.3) is 0 Å². The molecule has 8 nitrogen and oxygen atoms in total. The Bertz CT molecular complexity index is 908. The van der Waals surface area contributed by atoms with E-state index in [-0.39, 0.29) is 24.4 Å². The molecule has 1 atom stereocenters. The van der Waals surface area contributed by atoms with Crippen LogP contribution in [0.25, 0.3) is 0 Å². The molecule has 1 fully saturated rings. The lowest BCUT2D eigenvalue weighted by Gasteiger charge is -2.26. The molecule has 1 aliphatic heterocycles. The van der Waals surface area contributed by atoms with Crippen molar-refractivity contribution in [2.24, 2.45) is 0 Å². The van der Waals surface area contributed by atoms with Crippen molar-refractivity contribution in [3.8, 4) is 17.2 Å². The Labute approximate surface area is 185 Å². The van der Waals surface area contributed by atoms with Crippen molar-refractivity contribution in [3.05, 3.63) is 53.6 Å². The Balaban J connectivity index is 1.63. The molecule has 0 bridgehead atoms. The summed E-state index contributed by atoms with van der Waals surface area (Å²) in [5.74, 6) is 2.27. The van der Waals surface area contributed by atoms with Gasteiger partial charge in [-0.1, -0.05) is 30.3 Å². The third kappa shape index (κ3) is 5.55. The number of nitrogens with zero attached hydrogens (tertiary/aromatic N) is 1. The number of ether oxygens (including phenoxy) is 4. The number of alkyl carbamates (subject to hydrolysis) is 1. The number of benzene rings is 2. The van der Waals surface area contributed by atoms with E-state index < -0.39 is 6.09 Å². The van der Waals surface area contributed by atoms with E-state index in [1.165, 1.54) is 0 Å². The molecular formula is C22H26N2O6S. The first-order valence-corrected chi connectivity index (χ1v) is 10.8. The molecule has 2 aromatic carbocycles. The van der Waals surface area contributed by atoms with Crippen LogP contribution in [0.3, 0.4) is 0 Å². The average Bonchev–Trinajstić information content (AvgIpc) is 3.30. The van der Waals surface area contributed by atoms with Crippen molar-refractivity contribution in [3.63, 3.8) is 0 Å². The highest BCUT2D eigenvalue weighted by molar-refractivity contribution is 7.99. The standard InChI is InChI=1S/C22H26N2O6S/c1-27-17-12-19(29-3)18(28-2)11-16(17)21-24(9-10-31-21)20(25)13-23-22(26)30-14-15-7-5-4-6-8-15/h4-8,11-12,21H,9-10,13-14H2,1-3H3,(H,23,26). The number of carbonyl (C=O) groups is 2. The highest BCUT2D eigenvalue weighted by Gasteiger charge is 2.33. The van der Waals surface area contributed by atoms with Gasteiger partial charge in [-0.2, -0.15) is 0 Å². The first-order chi connectivity index (χ1) is 15.1. The van der Waals surface area contributed by atoms with Crippen molar-refractivity contribution in [1.29, 1.82) is 0 Å². The van der Waals surface area contributed by atoms with Crippen LogP contribution >= 0.6 is 11.8 Å². The summed E-state index contributed by atoms with van der Waals surface area (Å²) in [5.41, 5.74) is 1.68. The van der Waals surface area contributed by atoms with E-state index in [9.17, 15) is 9.59 Å². The molecule has 2 aromatic rings. The number of hydrogen-bond acceptors (Lipinski definition) is 7. The lowest BCUT2D eigenvalue weighted by molar-refractivity contribution is -0.130. The fraction of sp³-hybridized carbons (Fsp3) is 0.364. The van der Waals surface area contributed by atoms with Crippen LogP contribution in [0.1, 0.15) is 16.5 Å². The summed E-state index contributed by atoms with van der Waals surface area (Å²) in [4.78, 5) is 26.5. The van der Waals surface area contributed by atoms with Gasteiger partial charge in [0.2, 0.25) is 5.91 Å². The molecule has 3 rings (SSSR count). The van der Waals surface area contributed by atoms with E-state index in [1.54, 1.807) is 44.1 Å². The normalized spacial score (nSPS) is 15.3. The molecule has 0 saturated carbocycles. The van der Waals surface area contributed by atoms with Crippen LogP contribution in [0, 0.1) is 0 Å². The van der Waals surface area contributed by atoms with E-state index >= 15 is 0 Å². The van der Waals surface area contributed by atoms with Crippen LogP contribution in [0.15, 0.2) is 42.5 Å². The summed E-state index contributed by atoms with van der Waals surface area (Å²) in [6.45, 7) is 0.554. The van der Waals surface area contributed by atoms with Gasteiger partial charge in [-0.25, -0.2) is 4.79 Å². The smallest absolute Gasteiger partial charge is 0.407 e. The minimum atomic E-state index is -0.635. The summed E-state index contributed by atoms with van der Waals surface area (Å²) in [6, 6.07) is 12.9. The molecule has 1 heterocycles. The van der Waals surface area contributed by atoms with Gasteiger partial charge in [-0.3, -0.25) is 4.79 Å². The van der Waals surface area contributed by atoms with E-state index in [4.69, 9.17) is 18.9 Å². The van der Waals surface area contributed by atoms with Crippen molar-refractivity contribution in [2.45, 2.75) is 12.0 Å². The Morgan fingerprint density at radius 2 is 1.71 bits per heavy atom. The second-order valence-corrected chi connectivity index (χ2v) is 7.86. The number of amides is 2. The number of rotatable bonds is 8. The van der Waals surface area contributed by atoms with Crippen LogP contribution in [-0.4, -0.2) is 57.1 Å². The molecule has 166 valence electrons. The van der Waals surface area contributed by atoms with E-state index in [0.29, 0.717) is 23.8 Å². The van der Waals surface area contributed by atoms with Crippen molar-refractivity contribution < 1.29 is 28.5 Å². The minimum absolute atomic E-state index is 0.145. The summed E-state index contributed by atoms with van der Waals surface area (Å²) in [6.07, 6.45) is -0.635. The monoisotopic (exact) mass is 446 g/mol. The van der Waals surface area contributed by atoms with E-state index in [0.717, 1.165) is 16.9 Å². The molecular weight excluding hydrogens is 420 g/mol. The second kappa shape index (κ2) is 10.8. The van der Waals surface area contributed by atoms with Crippen molar-refractivity contribution in [2.75, 3.05) is 40.2 Å². The number of thioether (sulfide) groups is 1. The molecule has 0 spiro atoms. The average molecular weight is 447 g/mol. The lowest BCUT2D eigenvalue weighted by Crippen LogP contribution is -2.40. The van der Waals surface area contributed by atoms with E-state index in [1.807, 2.05) is 36.4 Å². The van der Waals surface area contributed by atoms with Gasteiger partial charge < -0.3 is 29.2 Å². The number of hydrogen-bond donors (Lipinski definition) is 1. The zero-order valence-electron chi connectivity index (χ0n) is 17.8. The molecule has 1 aliphatic rings. The fourth-order valence-electron chi connectivity index (χ4n) is 3.25. The highest BCUT2D eigenvalue weighted by Crippen LogP contribution is 2.45. The second-order valence-electron chi connectivity index (χ2n) is 6.67. The number of carbonyl (C=O) groups excluding carboxylic acids is 2. The van der Waals surface area contributed by atoms with Gasteiger partial charge in [0.1, 0.15) is 24.3 Å². The Hall–Kier alpha value is -3.07. The first-order valence-electron chi connectivity index (χ1n) is 9.73. The Morgan fingerprint density at radius 3 is 2.39 bits per heavy atom. The molecule has 0 aromatic heterocycles. The van der Waals surface area contributed by atoms with Crippen LogP contribution in [0.4, 0.5) is 4.79 Å². The lowest BCUT2D eigenvalue weighted by atomic mass is 10.1. The summed E-state index contributed by atoms with van der Waals surface area (Å²) < 4.78 is 21.4. The van der Waals surface area contributed by atoms with E-state index in [2.05, 4.69) is 5.32 Å². The topological polar surface area (TPSA) is 86.3 Å². The van der Waals surface area contributed by atoms with Crippen LogP contribution < -0.4 is 19.5 Å². The summed E-state index contributed by atoms with van der Waals surface area (Å²) in [7, 11) is 4.68. The molecule has 9 heteroatoms. The molecule has 0 radical (unpaired) electrons. The van der Waals surface area contributed by atoms with Gasteiger partial charge in [-0.05, 0) is 11.6 Å². The minimum Gasteiger partial charge on any atom is -0.496 e. The van der Waals surface area contributed by atoms with Crippen molar-refractivity contribution in [1.82, 2.24) is 10.2 Å². The quantitative estimate of drug-likeness (QED) is 0.666. The maximum Gasteiger partial charge on any atom is 0.407 e. The maximum absolute atomic E-state index is 12.8. The molecule has 31 heavy (non-hydrogen) atoms. The first kappa shape index (κ1) is 22.6. The zero-order valence-corrected chi connectivity index (χ0v) is 18.6. The summed E-state index contributed by atoms with van der Waals surface area (Å²) in [5, 5.41) is 2.27. The maximum atomic E-state index is 12.8. The van der Waals surface area contributed by atoms with Crippen LogP contribution in [-0.2, 0) is 16.1 Å². The molecule has 0 aliphatic carbocycles. The SMILES string of the molecule is COc1cc(OC)c(C2SCCN2C(=O)CNC(=O)OCc2ccccc2)cc1OC. The Kier molecular flexibility index (Phi) is 7.88. The van der Waals surface area contributed by atoms with Gasteiger partial charge in [-0.15, -0.1) is 11.8 Å². The largest absolute Gasteiger partial charge is 0.496 e. The van der Waals surface area contributed by atoms with Crippen LogP contribution in [0.5, 0.6) is 17.2 Å². The van der Waals surface area contributed by atoms with Crippen LogP contribution in [0.2, 0.25) is 0 Å². The van der Waals surface area contributed by atoms with Crippen molar-refractivity contribution >= 4 is 23.8 Å². The van der Waals surface area contributed by atoms with Gasteiger partial charge in [0, 0.05) is 23.9 Å².